The van der Waals surface area contributed by atoms with Crippen LogP contribution in [0.2, 0.25) is 0 Å². The Hall–Kier alpha value is -1.59. The van der Waals surface area contributed by atoms with E-state index < -0.39 is 0 Å². The maximum absolute atomic E-state index is 11.9. The highest BCUT2D eigenvalue weighted by Gasteiger charge is 2.14. The second kappa shape index (κ2) is 7.11. The van der Waals surface area contributed by atoms with E-state index in [0.29, 0.717) is 43.5 Å². The van der Waals surface area contributed by atoms with Crippen LogP contribution in [0, 0.1) is 0 Å². The molecule has 5 nitrogen and oxygen atoms in total. The summed E-state index contributed by atoms with van der Waals surface area (Å²) in [6.07, 6.45) is 0.845. The second-order valence-electron chi connectivity index (χ2n) is 4.18. The largest absolute Gasteiger partial charge is 0.490 e. The highest BCUT2D eigenvalue weighted by atomic mass is 16.5. The number of carbonyl (C=O) groups excluding carboxylic acids is 1. The summed E-state index contributed by atoms with van der Waals surface area (Å²) < 4.78 is 21.1. The van der Waals surface area contributed by atoms with Crippen LogP contribution < -0.4 is 9.47 Å². The Bertz CT molecular complexity index is 430. The Labute approximate surface area is 112 Å². The van der Waals surface area contributed by atoms with Crippen LogP contribution in [0.1, 0.15) is 16.8 Å². The number of fused-ring (bicyclic) bond motifs is 1. The van der Waals surface area contributed by atoms with Crippen molar-refractivity contribution in [2.75, 3.05) is 40.1 Å². The molecule has 104 valence electrons. The third-order valence-electron chi connectivity index (χ3n) is 2.73. The molecule has 0 atom stereocenters. The normalized spacial score (nSPS) is 13.9. The summed E-state index contributed by atoms with van der Waals surface area (Å²) in [6, 6.07) is 5.21. The summed E-state index contributed by atoms with van der Waals surface area (Å²) in [5.74, 6) is 1.24. The molecule has 0 aliphatic carbocycles. The van der Waals surface area contributed by atoms with Crippen LogP contribution in [0.15, 0.2) is 18.2 Å². The fourth-order valence-corrected chi connectivity index (χ4v) is 1.73. The first kappa shape index (κ1) is 13.8. The Morgan fingerprint density at radius 3 is 2.79 bits per heavy atom. The van der Waals surface area contributed by atoms with E-state index in [0.717, 1.165) is 6.42 Å². The van der Waals surface area contributed by atoms with Crippen LogP contribution in [0.3, 0.4) is 0 Å². The molecular formula is C14H18O5. The number of rotatable bonds is 6. The van der Waals surface area contributed by atoms with Gasteiger partial charge in [-0.1, -0.05) is 0 Å². The SMILES string of the molecule is COCCOCC(=O)c1ccc2c(c1)OCCCO2. The number of benzene rings is 1. The van der Waals surface area contributed by atoms with E-state index in [1.54, 1.807) is 25.3 Å². The van der Waals surface area contributed by atoms with Crippen molar-refractivity contribution >= 4 is 5.78 Å². The van der Waals surface area contributed by atoms with Gasteiger partial charge in [-0.25, -0.2) is 0 Å². The van der Waals surface area contributed by atoms with Crippen molar-refractivity contribution in [2.45, 2.75) is 6.42 Å². The molecule has 1 aromatic carbocycles. The number of carbonyl (C=O) groups is 1. The molecule has 0 N–H and O–H groups in total. The van der Waals surface area contributed by atoms with Crippen molar-refractivity contribution < 1.29 is 23.7 Å². The first-order valence-corrected chi connectivity index (χ1v) is 6.31. The Morgan fingerprint density at radius 2 is 2.00 bits per heavy atom. The number of Topliss-reactive ketones (excluding diaryl/α,β-unsaturated/α-hetero) is 1. The average molecular weight is 266 g/mol. The van der Waals surface area contributed by atoms with Crippen molar-refractivity contribution in [3.8, 4) is 11.5 Å². The van der Waals surface area contributed by atoms with Gasteiger partial charge in [0.2, 0.25) is 0 Å². The maximum atomic E-state index is 11.9. The molecule has 1 aliphatic rings. The molecule has 2 rings (SSSR count). The van der Waals surface area contributed by atoms with E-state index >= 15 is 0 Å². The first-order chi connectivity index (χ1) is 9.31. The molecular weight excluding hydrogens is 248 g/mol. The minimum atomic E-state index is -0.0771. The third kappa shape index (κ3) is 3.94. The third-order valence-corrected chi connectivity index (χ3v) is 2.73. The van der Waals surface area contributed by atoms with E-state index in [-0.39, 0.29) is 12.4 Å². The van der Waals surface area contributed by atoms with Gasteiger partial charge in [0.1, 0.15) is 6.61 Å². The van der Waals surface area contributed by atoms with Gasteiger partial charge in [-0.3, -0.25) is 4.79 Å². The van der Waals surface area contributed by atoms with Gasteiger partial charge in [-0.2, -0.15) is 0 Å². The summed E-state index contributed by atoms with van der Waals surface area (Å²) >= 11 is 0. The van der Waals surface area contributed by atoms with Crippen molar-refractivity contribution in [3.63, 3.8) is 0 Å². The van der Waals surface area contributed by atoms with E-state index in [2.05, 4.69) is 0 Å². The Balaban J connectivity index is 1.96. The van der Waals surface area contributed by atoms with Crippen molar-refractivity contribution in [1.29, 1.82) is 0 Å². The Kier molecular flexibility index (Phi) is 5.18. The van der Waals surface area contributed by atoms with E-state index in [9.17, 15) is 4.79 Å². The zero-order chi connectivity index (χ0) is 13.5. The minimum Gasteiger partial charge on any atom is -0.490 e. The number of ether oxygens (including phenoxy) is 4. The smallest absolute Gasteiger partial charge is 0.188 e. The molecule has 19 heavy (non-hydrogen) atoms. The molecule has 1 heterocycles. The zero-order valence-electron chi connectivity index (χ0n) is 11.0. The fourth-order valence-electron chi connectivity index (χ4n) is 1.73. The van der Waals surface area contributed by atoms with Gasteiger partial charge >= 0.3 is 0 Å². The molecule has 0 bridgehead atoms. The standard InChI is InChI=1S/C14H18O5/c1-16-7-8-17-10-12(15)11-3-4-13-14(9-11)19-6-2-5-18-13/h3-4,9H,2,5-8,10H2,1H3. The van der Waals surface area contributed by atoms with Crippen LogP contribution >= 0.6 is 0 Å². The average Bonchev–Trinajstić information content (AvgIpc) is 2.67. The quantitative estimate of drug-likeness (QED) is 0.579. The Morgan fingerprint density at radius 1 is 1.21 bits per heavy atom. The predicted molar refractivity (Wildman–Crippen MR) is 69.1 cm³/mol. The van der Waals surface area contributed by atoms with Crippen LogP contribution in [0.25, 0.3) is 0 Å². The van der Waals surface area contributed by atoms with Crippen LogP contribution in [0.5, 0.6) is 11.5 Å². The summed E-state index contributed by atoms with van der Waals surface area (Å²) in [6.45, 7) is 2.18. The first-order valence-electron chi connectivity index (χ1n) is 6.31. The van der Waals surface area contributed by atoms with E-state index in [1.807, 2.05) is 0 Å². The van der Waals surface area contributed by atoms with Gasteiger partial charge in [0.05, 0.1) is 26.4 Å². The van der Waals surface area contributed by atoms with E-state index in [4.69, 9.17) is 18.9 Å². The van der Waals surface area contributed by atoms with Gasteiger partial charge in [-0.15, -0.1) is 0 Å². The molecule has 0 amide bonds. The van der Waals surface area contributed by atoms with Crippen LogP contribution in [-0.4, -0.2) is 45.9 Å². The minimum absolute atomic E-state index is 0.0446. The van der Waals surface area contributed by atoms with E-state index in [1.165, 1.54) is 0 Å². The molecule has 0 saturated carbocycles. The van der Waals surface area contributed by atoms with Gasteiger partial charge < -0.3 is 18.9 Å². The monoisotopic (exact) mass is 266 g/mol. The van der Waals surface area contributed by atoms with Gasteiger partial charge in [0, 0.05) is 19.1 Å². The van der Waals surface area contributed by atoms with Crippen molar-refractivity contribution in [2.24, 2.45) is 0 Å². The van der Waals surface area contributed by atoms with Crippen molar-refractivity contribution in [1.82, 2.24) is 0 Å². The lowest BCUT2D eigenvalue weighted by atomic mass is 10.1. The zero-order valence-corrected chi connectivity index (χ0v) is 11.0. The number of ketones is 1. The molecule has 0 radical (unpaired) electrons. The lowest BCUT2D eigenvalue weighted by molar-refractivity contribution is 0.0576. The van der Waals surface area contributed by atoms with Crippen LogP contribution in [0.4, 0.5) is 0 Å². The molecule has 0 spiro atoms. The fraction of sp³-hybridized carbons (Fsp3) is 0.500. The summed E-state index contributed by atoms with van der Waals surface area (Å²) in [7, 11) is 1.59. The molecule has 5 heteroatoms. The maximum Gasteiger partial charge on any atom is 0.188 e. The summed E-state index contributed by atoms with van der Waals surface area (Å²) in [5, 5.41) is 0. The highest BCUT2D eigenvalue weighted by molar-refractivity contribution is 5.97. The molecule has 1 aromatic rings. The molecule has 0 unspecified atom stereocenters. The predicted octanol–water partition coefficient (Wildman–Crippen LogP) is 1.69. The lowest BCUT2D eigenvalue weighted by Crippen LogP contribution is -2.12. The van der Waals surface area contributed by atoms with Gasteiger partial charge in [0.25, 0.3) is 0 Å². The number of hydrogen-bond donors (Lipinski definition) is 0. The number of hydrogen-bond acceptors (Lipinski definition) is 5. The lowest BCUT2D eigenvalue weighted by Gasteiger charge is -2.09. The molecule has 0 fully saturated rings. The second-order valence-corrected chi connectivity index (χ2v) is 4.18. The van der Waals surface area contributed by atoms with Crippen molar-refractivity contribution in [3.05, 3.63) is 23.8 Å². The van der Waals surface area contributed by atoms with Crippen LogP contribution in [-0.2, 0) is 9.47 Å². The highest BCUT2D eigenvalue weighted by Crippen LogP contribution is 2.30. The van der Waals surface area contributed by atoms with Gasteiger partial charge in [0.15, 0.2) is 17.3 Å². The molecule has 0 saturated heterocycles. The number of methoxy groups -OCH3 is 1. The topological polar surface area (TPSA) is 54.0 Å². The summed E-state index contributed by atoms with van der Waals surface area (Å²) in [5.41, 5.74) is 0.571. The molecule has 1 aliphatic heterocycles. The van der Waals surface area contributed by atoms with Gasteiger partial charge in [-0.05, 0) is 18.2 Å². The summed E-state index contributed by atoms with van der Waals surface area (Å²) in [4.78, 5) is 11.9. The molecule has 0 aromatic heterocycles.